The minimum atomic E-state index is -0.938. The molecule has 0 saturated carbocycles. The first kappa shape index (κ1) is 19.5. The molecule has 0 spiro atoms. The van der Waals surface area contributed by atoms with Crippen molar-refractivity contribution in [2.45, 2.75) is 0 Å². The van der Waals surface area contributed by atoms with Crippen molar-refractivity contribution in [3.63, 3.8) is 0 Å². The van der Waals surface area contributed by atoms with Gasteiger partial charge in [-0.25, -0.2) is 14.8 Å². The van der Waals surface area contributed by atoms with Crippen molar-refractivity contribution in [3.8, 4) is 0 Å². The standard InChI is InChI=1S/C9H7ClN2OS.C8H4ClNO2S/c1-11-8(13)5-2-3-6-7(4-5)14-9(10)12-6;9-8-10-5-2-1-4(7(11)12)3-6(5)13-8/h2-4H,1H3,(H,11,13);1-3H,(H,11,12). The number of carbonyl (C=O) groups excluding carboxylic acids is 1. The van der Waals surface area contributed by atoms with E-state index in [4.69, 9.17) is 28.3 Å². The Hall–Kier alpha value is -2.26. The fourth-order valence-electron chi connectivity index (χ4n) is 2.21. The van der Waals surface area contributed by atoms with Crippen molar-refractivity contribution in [1.82, 2.24) is 15.3 Å². The van der Waals surface area contributed by atoms with E-state index in [9.17, 15) is 9.59 Å². The number of hydrogen-bond donors (Lipinski definition) is 2. The van der Waals surface area contributed by atoms with Gasteiger partial charge in [0, 0.05) is 12.6 Å². The molecule has 2 heterocycles. The fraction of sp³-hybridized carbons (Fsp3) is 0.0588. The van der Waals surface area contributed by atoms with E-state index in [1.807, 2.05) is 0 Å². The molecule has 2 N–H and O–H groups in total. The van der Waals surface area contributed by atoms with E-state index in [1.54, 1.807) is 37.4 Å². The lowest BCUT2D eigenvalue weighted by Crippen LogP contribution is -2.17. The highest BCUT2D eigenvalue weighted by Crippen LogP contribution is 2.27. The molecule has 0 bridgehead atoms. The number of thiazole rings is 2. The first-order chi connectivity index (χ1) is 12.9. The van der Waals surface area contributed by atoms with Crippen molar-refractivity contribution in [3.05, 3.63) is 56.5 Å². The van der Waals surface area contributed by atoms with Crippen LogP contribution in [-0.2, 0) is 0 Å². The van der Waals surface area contributed by atoms with Gasteiger partial charge in [0.05, 0.1) is 26.0 Å². The molecule has 0 radical (unpaired) electrons. The van der Waals surface area contributed by atoms with Crippen LogP contribution >= 0.6 is 45.9 Å². The second-order valence-electron chi connectivity index (χ2n) is 5.18. The number of nitrogens with one attached hydrogen (secondary N) is 1. The molecule has 0 aliphatic carbocycles. The highest BCUT2D eigenvalue weighted by Gasteiger charge is 2.07. The van der Waals surface area contributed by atoms with Gasteiger partial charge in [0.15, 0.2) is 8.93 Å². The summed E-state index contributed by atoms with van der Waals surface area (Å²) in [6.07, 6.45) is 0. The number of nitrogens with zero attached hydrogens (tertiary/aromatic N) is 2. The van der Waals surface area contributed by atoms with Crippen LogP contribution in [0, 0.1) is 0 Å². The molecular weight excluding hydrogens is 429 g/mol. The van der Waals surface area contributed by atoms with Crippen molar-refractivity contribution in [1.29, 1.82) is 0 Å². The van der Waals surface area contributed by atoms with Gasteiger partial charge in [-0.3, -0.25) is 4.79 Å². The Kier molecular flexibility index (Phi) is 5.91. The molecule has 1 amide bonds. The minimum Gasteiger partial charge on any atom is -0.478 e. The molecule has 2 aromatic heterocycles. The predicted octanol–water partition coefficient (Wildman–Crippen LogP) is 4.96. The van der Waals surface area contributed by atoms with Gasteiger partial charge in [-0.2, -0.15) is 0 Å². The van der Waals surface area contributed by atoms with Gasteiger partial charge >= 0.3 is 5.97 Å². The summed E-state index contributed by atoms with van der Waals surface area (Å²) >= 11 is 14.1. The van der Waals surface area contributed by atoms with Gasteiger partial charge in [-0.1, -0.05) is 23.2 Å². The molecule has 0 aliphatic heterocycles. The molecule has 4 aromatic rings. The third-order valence-electron chi connectivity index (χ3n) is 3.46. The van der Waals surface area contributed by atoms with E-state index in [0.717, 1.165) is 20.4 Å². The Morgan fingerprint density at radius 1 is 0.926 bits per heavy atom. The van der Waals surface area contributed by atoms with Gasteiger partial charge < -0.3 is 10.4 Å². The first-order valence-corrected chi connectivity index (χ1v) is 9.84. The Labute approximate surface area is 171 Å². The monoisotopic (exact) mass is 439 g/mol. The molecule has 6 nitrogen and oxygen atoms in total. The summed E-state index contributed by atoms with van der Waals surface area (Å²) < 4.78 is 2.65. The number of aromatic nitrogens is 2. The quantitative estimate of drug-likeness (QED) is 0.460. The second-order valence-corrected chi connectivity index (χ2v) is 8.41. The molecule has 0 aliphatic rings. The van der Waals surface area contributed by atoms with Crippen LogP contribution in [0.4, 0.5) is 0 Å². The van der Waals surface area contributed by atoms with Crippen molar-refractivity contribution >= 4 is 78.2 Å². The zero-order chi connectivity index (χ0) is 19.6. The van der Waals surface area contributed by atoms with Crippen molar-refractivity contribution in [2.75, 3.05) is 7.05 Å². The molecule has 0 saturated heterocycles. The van der Waals surface area contributed by atoms with E-state index >= 15 is 0 Å². The number of amides is 1. The Morgan fingerprint density at radius 2 is 1.41 bits per heavy atom. The number of carboxylic acid groups (broad SMARTS) is 1. The molecule has 2 aromatic carbocycles. The third kappa shape index (κ3) is 4.54. The van der Waals surface area contributed by atoms with E-state index in [1.165, 1.54) is 28.7 Å². The third-order valence-corrected chi connectivity index (χ3v) is 5.71. The lowest BCUT2D eigenvalue weighted by Gasteiger charge is -1.97. The number of halogens is 2. The van der Waals surface area contributed by atoms with Gasteiger partial charge in [0.1, 0.15) is 0 Å². The molecule has 10 heteroatoms. The molecule has 27 heavy (non-hydrogen) atoms. The maximum atomic E-state index is 11.3. The van der Waals surface area contributed by atoms with Crippen molar-refractivity contribution in [2.24, 2.45) is 0 Å². The first-order valence-electron chi connectivity index (χ1n) is 7.45. The van der Waals surface area contributed by atoms with Crippen molar-refractivity contribution < 1.29 is 14.7 Å². The van der Waals surface area contributed by atoms with Crippen LogP contribution in [0.5, 0.6) is 0 Å². The highest BCUT2D eigenvalue weighted by atomic mass is 35.5. The zero-order valence-corrected chi connectivity index (χ0v) is 16.8. The van der Waals surface area contributed by atoms with Crippen LogP contribution in [-0.4, -0.2) is 34.0 Å². The number of aromatic carboxylic acids is 1. The largest absolute Gasteiger partial charge is 0.478 e. The van der Waals surface area contributed by atoms with Crippen LogP contribution in [0.15, 0.2) is 36.4 Å². The second kappa shape index (κ2) is 8.18. The Balaban J connectivity index is 0.000000156. The Bertz CT molecular complexity index is 1160. The van der Waals surface area contributed by atoms with Crippen LogP contribution < -0.4 is 5.32 Å². The van der Waals surface area contributed by atoms with Crippen LogP contribution in [0.2, 0.25) is 8.93 Å². The van der Waals surface area contributed by atoms with Gasteiger partial charge in [-0.05, 0) is 36.4 Å². The summed E-state index contributed by atoms with van der Waals surface area (Å²) in [4.78, 5) is 30.0. The number of rotatable bonds is 2. The lowest BCUT2D eigenvalue weighted by atomic mass is 10.2. The zero-order valence-electron chi connectivity index (χ0n) is 13.7. The number of carboxylic acids is 1. The number of benzene rings is 2. The van der Waals surface area contributed by atoms with Crippen LogP contribution in [0.25, 0.3) is 20.4 Å². The summed E-state index contributed by atoms with van der Waals surface area (Å²) in [5, 5.41) is 11.3. The van der Waals surface area contributed by atoms with Gasteiger partial charge in [0.25, 0.3) is 5.91 Å². The van der Waals surface area contributed by atoms with Gasteiger partial charge in [-0.15, -0.1) is 22.7 Å². The summed E-state index contributed by atoms with van der Waals surface area (Å²) in [5.41, 5.74) is 2.45. The molecule has 4 rings (SSSR count). The average Bonchev–Trinajstić information content (AvgIpc) is 3.20. The van der Waals surface area contributed by atoms with E-state index in [-0.39, 0.29) is 11.5 Å². The number of fused-ring (bicyclic) bond motifs is 2. The maximum absolute atomic E-state index is 11.3. The Morgan fingerprint density at radius 3 is 1.89 bits per heavy atom. The van der Waals surface area contributed by atoms with Crippen LogP contribution in [0.3, 0.4) is 0 Å². The fourth-order valence-corrected chi connectivity index (χ4v) is 4.35. The van der Waals surface area contributed by atoms with E-state index in [0.29, 0.717) is 14.5 Å². The molecule has 0 atom stereocenters. The highest BCUT2D eigenvalue weighted by molar-refractivity contribution is 7.22. The van der Waals surface area contributed by atoms with E-state index < -0.39 is 5.97 Å². The maximum Gasteiger partial charge on any atom is 0.335 e. The summed E-state index contributed by atoms with van der Waals surface area (Å²) in [6, 6.07) is 10.1. The topological polar surface area (TPSA) is 92.2 Å². The average molecular weight is 440 g/mol. The smallest absolute Gasteiger partial charge is 0.335 e. The van der Waals surface area contributed by atoms with E-state index in [2.05, 4.69) is 15.3 Å². The molecule has 138 valence electrons. The summed E-state index contributed by atoms with van der Waals surface area (Å²) in [7, 11) is 1.60. The summed E-state index contributed by atoms with van der Waals surface area (Å²) in [5.74, 6) is -1.04. The molecular formula is C17H11Cl2N3O3S2. The summed E-state index contributed by atoms with van der Waals surface area (Å²) in [6.45, 7) is 0. The molecule has 0 unspecified atom stereocenters. The lowest BCUT2D eigenvalue weighted by molar-refractivity contribution is 0.0697. The molecule has 0 fully saturated rings. The number of carbonyl (C=O) groups is 2. The van der Waals surface area contributed by atoms with Crippen LogP contribution in [0.1, 0.15) is 20.7 Å². The predicted molar refractivity (Wildman–Crippen MR) is 110 cm³/mol. The normalized spacial score (nSPS) is 10.5. The van der Waals surface area contributed by atoms with Gasteiger partial charge in [0.2, 0.25) is 0 Å². The number of hydrogen-bond acceptors (Lipinski definition) is 6. The minimum absolute atomic E-state index is 0.101. The SMILES string of the molecule is CNC(=O)c1ccc2nc(Cl)sc2c1.O=C(O)c1ccc2nc(Cl)sc2c1.